The summed E-state index contributed by atoms with van der Waals surface area (Å²) >= 11 is 0. The highest BCUT2D eigenvalue weighted by Crippen LogP contribution is 2.34. The predicted octanol–water partition coefficient (Wildman–Crippen LogP) is 4.03. The fourth-order valence-corrected chi connectivity index (χ4v) is 3.47. The molecule has 18 heavy (non-hydrogen) atoms. The molecular formula is C16H33NO. The SMILES string of the molecule is CCCC(O)N(C)C1CCCCCC1C(C)CC. The van der Waals surface area contributed by atoms with Crippen LogP contribution < -0.4 is 0 Å². The summed E-state index contributed by atoms with van der Waals surface area (Å²) in [6.45, 7) is 6.84. The number of hydrogen-bond donors (Lipinski definition) is 1. The standard InChI is InChI=1S/C16H33NO/c1-5-10-16(18)17(4)15-12-9-7-8-11-14(15)13(3)6-2/h13-16,18H,5-12H2,1-4H3. The summed E-state index contributed by atoms with van der Waals surface area (Å²) in [6, 6.07) is 0.587. The van der Waals surface area contributed by atoms with Crippen molar-refractivity contribution in [2.45, 2.75) is 84.4 Å². The molecule has 2 heteroatoms. The minimum absolute atomic E-state index is 0.246. The first-order chi connectivity index (χ1) is 8.61. The molecule has 0 aliphatic heterocycles. The Labute approximate surface area is 114 Å². The molecule has 0 aromatic heterocycles. The molecule has 4 unspecified atom stereocenters. The Morgan fingerprint density at radius 1 is 1.17 bits per heavy atom. The molecule has 1 aliphatic rings. The molecule has 4 atom stereocenters. The Morgan fingerprint density at radius 2 is 1.83 bits per heavy atom. The molecule has 0 aromatic carbocycles. The molecule has 0 radical (unpaired) electrons. The summed E-state index contributed by atoms with van der Waals surface area (Å²) in [5.41, 5.74) is 0. The minimum Gasteiger partial charge on any atom is -0.378 e. The number of aliphatic hydroxyl groups excluding tert-OH is 1. The van der Waals surface area contributed by atoms with Crippen LogP contribution in [0.2, 0.25) is 0 Å². The van der Waals surface area contributed by atoms with Crippen molar-refractivity contribution in [2.24, 2.45) is 11.8 Å². The van der Waals surface area contributed by atoms with Gasteiger partial charge in [-0.05, 0) is 38.1 Å². The lowest BCUT2D eigenvalue weighted by Gasteiger charge is -2.39. The topological polar surface area (TPSA) is 23.5 Å². The smallest absolute Gasteiger partial charge is 0.107 e. The number of hydrogen-bond acceptors (Lipinski definition) is 2. The van der Waals surface area contributed by atoms with Crippen molar-refractivity contribution in [3.05, 3.63) is 0 Å². The van der Waals surface area contributed by atoms with E-state index in [4.69, 9.17) is 0 Å². The van der Waals surface area contributed by atoms with E-state index in [2.05, 4.69) is 32.7 Å². The fourth-order valence-electron chi connectivity index (χ4n) is 3.47. The van der Waals surface area contributed by atoms with Crippen LogP contribution in [-0.4, -0.2) is 29.3 Å². The first kappa shape index (κ1) is 16.0. The lowest BCUT2D eigenvalue weighted by atomic mass is 9.81. The molecule has 0 amide bonds. The minimum atomic E-state index is -0.246. The highest BCUT2D eigenvalue weighted by atomic mass is 16.3. The third-order valence-electron chi connectivity index (χ3n) is 4.95. The molecule has 1 saturated carbocycles. The Morgan fingerprint density at radius 3 is 2.44 bits per heavy atom. The van der Waals surface area contributed by atoms with Gasteiger partial charge < -0.3 is 5.11 Å². The van der Waals surface area contributed by atoms with Crippen molar-refractivity contribution in [1.82, 2.24) is 4.90 Å². The zero-order chi connectivity index (χ0) is 13.5. The Balaban J connectivity index is 2.71. The highest BCUT2D eigenvalue weighted by molar-refractivity contribution is 4.84. The second-order valence-corrected chi connectivity index (χ2v) is 6.19. The fraction of sp³-hybridized carbons (Fsp3) is 1.00. The maximum atomic E-state index is 10.3. The van der Waals surface area contributed by atoms with Crippen LogP contribution in [-0.2, 0) is 0 Å². The first-order valence-corrected chi connectivity index (χ1v) is 8.01. The van der Waals surface area contributed by atoms with Crippen LogP contribution in [0.4, 0.5) is 0 Å². The summed E-state index contributed by atoms with van der Waals surface area (Å²) < 4.78 is 0. The molecule has 1 N–H and O–H groups in total. The van der Waals surface area contributed by atoms with E-state index in [1.54, 1.807) is 0 Å². The van der Waals surface area contributed by atoms with Crippen molar-refractivity contribution in [1.29, 1.82) is 0 Å². The predicted molar refractivity (Wildman–Crippen MR) is 78.5 cm³/mol. The zero-order valence-corrected chi connectivity index (χ0v) is 12.9. The Kier molecular flexibility index (Phi) is 7.25. The van der Waals surface area contributed by atoms with Gasteiger partial charge in [0.2, 0.25) is 0 Å². The summed E-state index contributed by atoms with van der Waals surface area (Å²) in [6.07, 6.45) is 9.69. The molecule has 0 spiro atoms. The van der Waals surface area contributed by atoms with Gasteiger partial charge in [-0.1, -0.05) is 52.9 Å². The average Bonchev–Trinajstić information content (AvgIpc) is 2.62. The van der Waals surface area contributed by atoms with E-state index in [0.29, 0.717) is 6.04 Å². The summed E-state index contributed by atoms with van der Waals surface area (Å²) in [7, 11) is 2.13. The monoisotopic (exact) mass is 255 g/mol. The van der Waals surface area contributed by atoms with Crippen LogP contribution in [0.25, 0.3) is 0 Å². The van der Waals surface area contributed by atoms with Crippen molar-refractivity contribution < 1.29 is 5.11 Å². The number of aliphatic hydroxyl groups is 1. The van der Waals surface area contributed by atoms with Crippen LogP contribution in [0, 0.1) is 11.8 Å². The van der Waals surface area contributed by atoms with Crippen LogP contribution in [0.1, 0.15) is 72.1 Å². The Hall–Kier alpha value is -0.0800. The highest BCUT2D eigenvalue weighted by Gasteiger charge is 2.32. The van der Waals surface area contributed by atoms with Gasteiger partial charge in [-0.15, -0.1) is 0 Å². The van der Waals surface area contributed by atoms with Gasteiger partial charge in [-0.3, -0.25) is 4.90 Å². The van der Waals surface area contributed by atoms with Gasteiger partial charge >= 0.3 is 0 Å². The van der Waals surface area contributed by atoms with E-state index >= 15 is 0 Å². The van der Waals surface area contributed by atoms with Crippen molar-refractivity contribution in [3.63, 3.8) is 0 Å². The van der Waals surface area contributed by atoms with Gasteiger partial charge in [0.1, 0.15) is 6.23 Å². The van der Waals surface area contributed by atoms with E-state index in [0.717, 1.165) is 24.7 Å². The summed E-state index contributed by atoms with van der Waals surface area (Å²) in [5, 5.41) is 10.3. The van der Waals surface area contributed by atoms with Gasteiger partial charge in [0.05, 0.1) is 0 Å². The van der Waals surface area contributed by atoms with Crippen molar-refractivity contribution in [2.75, 3.05) is 7.05 Å². The molecular weight excluding hydrogens is 222 g/mol. The zero-order valence-electron chi connectivity index (χ0n) is 12.9. The number of nitrogens with zero attached hydrogens (tertiary/aromatic N) is 1. The van der Waals surface area contributed by atoms with Crippen LogP contribution >= 0.6 is 0 Å². The lowest BCUT2D eigenvalue weighted by molar-refractivity contribution is -0.0372. The second-order valence-electron chi connectivity index (χ2n) is 6.19. The van der Waals surface area contributed by atoms with Crippen LogP contribution in [0.5, 0.6) is 0 Å². The Bertz CT molecular complexity index is 219. The molecule has 0 aromatic rings. The van der Waals surface area contributed by atoms with Gasteiger partial charge in [0.25, 0.3) is 0 Å². The lowest BCUT2D eigenvalue weighted by Crippen LogP contribution is -2.45. The van der Waals surface area contributed by atoms with Gasteiger partial charge in [0.15, 0.2) is 0 Å². The van der Waals surface area contributed by atoms with Gasteiger partial charge in [-0.25, -0.2) is 0 Å². The first-order valence-electron chi connectivity index (χ1n) is 8.01. The molecule has 0 bridgehead atoms. The van der Waals surface area contributed by atoms with Gasteiger partial charge in [-0.2, -0.15) is 0 Å². The quantitative estimate of drug-likeness (QED) is 0.572. The summed E-state index contributed by atoms with van der Waals surface area (Å²) in [4.78, 5) is 2.27. The van der Waals surface area contributed by atoms with E-state index in [-0.39, 0.29) is 6.23 Å². The normalized spacial score (nSPS) is 29.0. The molecule has 0 saturated heterocycles. The average molecular weight is 255 g/mol. The van der Waals surface area contributed by atoms with Crippen LogP contribution in [0.3, 0.4) is 0 Å². The van der Waals surface area contributed by atoms with E-state index in [1.807, 2.05) is 0 Å². The number of rotatable bonds is 6. The second kappa shape index (κ2) is 8.16. The molecule has 108 valence electrons. The van der Waals surface area contributed by atoms with Gasteiger partial charge in [0, 0.05) is 6.04 Å². The molecule has 1 rings (SSSR count). The maximum absolute atomic E-state index is 10.3. The third kappa shape index (κ3) is 4.24. The van der Waals surface area contributed by atoms with Crippen LogP contribution in [0.15, 0.2) is 0 Å². The van der Waals surface area contributed by atoms with E-state index < -0.39 is 0 Å². The molecule has 2 nitrogen and oxygen atoms in total. The maximum Gasteiger partial charge on any atom is 0.107 e. The van der Waals surface area contributed by atoms with Crippen molar-refractivity contribution >= 4 is 0 Å². The van der Waals surface area contributed by atoms with E-state index in [9.17, 15) is 5.11 Å². The largest absolute Gasteiger partial charge is 0.378 e. The van der Waals surface area contributed by atoms with E-state index in [1.165, 1.54) is 38.5 Å². The molecule has 1 fully saturated rings. The summed E-state index contributed by atoms with van der Waals surface area (Å²) in [5.74, 6) is 1.55. The third-order valence-corrected chi connectivity index (χ3v) is 4.95. The molecule has 1 aliphatic carbocycles. The molecule has 0 heterocycles. The van der Waals surface area contributed by atoms with Crippen molar-refractivity contribution in [3.8, 4) is 0 Å².